The highest BCUT2D eigenvalue weighted by atomic mass is 19.1. The molecule has 3 rings (SSSR count). The van der Waals surface area contributed by atoms with Gasteiger partial charge in [0.2, 0.25) is 0 Å². The fraction of sp³-hybridized carbons (Fsp3) is 0.278. The minimum absolute atomic E-state index is 0.0627. The van der Waals surface area contributed by atoms with Gasteiger partial charge in [-0.15, -0.1) is 0 Å². The quantitative estimate of drug-likeness (QED) is 0.758. The zero-order valence-electron chi connectivity index (χ0n) is 12.3. The number of benzene rings is 1. The zero-order chi connectivity index (χ0) is 15.0. The molecule has 0 bridgehead atoms. The van der Waals surface area contributed by atoms with Gasteiger partial charge >= 0.3 is 0 Å². The Labute approximate surface area is 124 Å². The Hall–Kier alpha value is -2.16. The smallest absolute Gasteiger partial charge is 0.150 e. The molecule has 0 saturated carbocycles. The highest BCUT2D eigenvalue weighted by Crippen LogP contribution is 2.35. The van der Waals surface area contributed by atoms with E-state index in [1.807, 2.05) is 37.5 Å². The average Bonchev–Trinajstić information content (AvgIpc) is 2.48. The van der Waals surface area contributed by atoms with E-state index in [0.717, 1.165) is 29.5 Å². The number of nitrogens with zero attached hydrogens (tertiary/aromatic N) is 1. The molecule has 0 fully saturated rings. The van der Waals surface area contributed by atoms with Crippen molar-refractivity contribution in [1.82, 2.24) is 4.90 Å². The topological polar surface area (TPSA) is 20.3 Å². The van der Waals surface area contributed by atoms with Crippen molar-refractivity contribution < 1.29 is 9.18 Å². The third kappa shape index (κ3) is 2.56. The van der Waals surface area contributed by atoms with Crippen molar-refractivity contribution in [2.45, 2.75) is 25.8 Å². The van der Waals surface area contributed by atoms with Gasteiger partial charge in [0, 0.05) is 31.5 Å². The van der Waals surface area contributed by atoms with Crippen molar-refractivity contribution in [3.63, 3.8) is 0 Å². The van der Waals surface area contributed by atoms with E-state index in [1.165, 1.54) is 0 Å². The van der Waals surface area contributed by atoms with Gasteiger partial charge in [-0.05, 0) is 47.5 Å². The Bertz CT molecular complexity index is 685. The van der Waals surface area contributed by atoms with Gasteiger partial charge in [-0.25, -0.2) is 4.39 Å². The Kier molecular flexibility index (Phi) is 3.50. The van der Waals surface area contributed by atoms with Gasteiger partial charge in [-0.2, -0.15) is 0 Å². The number of hydrogen-bond donors (Lipinski definition) is 0. The van der Waals surface area contributed by atoms with Crippen LogP contribution in [0.1, 0.15) is 46.3 Å². The first-order chi connectivity index (χ1) is 10.1. The Morgan fingerprint density at radius 2 is 2.14 bits per heavy atom. The van der Waals surface area contributed by atoms with Gasteiger partial charge in [-0.3, -0.25) is 4.79 Å². The molecule has 0 radical (unpaired) electrons. The monoisotopic (exact) mass is 283 g/mol. The van der Waals surface area contributed by atoms with E-state index >= 15 is 0 Å². The summed E-state index contributed by atoms with van der Waals surface area (Å²) in [5.41, 5.74) is 4.52. The normalized spacial score (nSPS) is 20.7. The molecule has 0 N–H and O–H groups in total. The van der Waals surface area contributed by atoms with Crippen LogP contribution in [0.15, 0.2) is 41.9 Å². The molecule has 0 amide bonds. The third-order valence-corrected chi connectivity index (χ3v) is 4.21. The van der Waals surface area contributed by atoms with Crippen LogP contribution in [0.3, 0.4) is 0 Å². The van der Waals surface area contributed by atoms with E-state index in [1.54, 1.807) is 13.0 Å². The Balaban J connectivity index is 2.03. The first-order valence-electron chi connectivity index (χ1n) is 7.12. The zero-order valence-corrected chi connectivity index (χ0v) is 12.3. The lowest BCUT2D eigenvalue weighted by atomic mass is 9.84. The minimum Gasteiger partial charge on any atom is -0.376 e. The molecular weight excluding hydrogens is 265 g/mol. The molecule has 1 aliphatic carbocycles. The molecule has 1 atom stereocenters. The Morgan fingerprint density at radius 1 is 1.33 bits per heavy atom. The molecule has 0 spiro atoms. The number of halogens is 1. The van der Waals surface area contributed by atoms with Crippen molar-refractivity contribution in [3.05, 3.63) is 64.1 Å². The van der Waals surface area contributed by atoms with Crippen LogP contribution < -0.4 is 0 Å². The maximum Gasteiger partial charge on any atom is 0.150 e. The van der Waals surface area contributed by atoms with Crippen molar-refractivity contribution in [3.8, 4) is 0 Å². The summed E-state index contributed by atoms with van der Waals surface area (Å²) in [7, 11) is 2.00. The predicted molar refractivity (Wildman–Crippen MR) is 82.6 cm³/mol. The molecule has 1 aromatic carbocycles. The molecule has 1 aromatic rings. The first-order valence-corrected chi connectivity index (χ1v) is 7.12. The summed E-state index contributed by atoms with van der Waals surface area (Å²) in [5.74, 6) is -0.153. The third-order valence-electron chi connectivity index (χ3n) is 4.21. The van der Waals surface area contributed by atoms with E-state index < -0.39 is 0 Å². The summed E-state index contributed by atoms with van der Waals surface area (Å²) in [6.07, 6.45) is 9.08. The largest absolute Gasteiger partial charge is 0.376 e. The van der Waals surface area contributed by atoms with E-state index in [2.05, 4.69) is 4.90 Å². The molecule has 1 heterocycles. The molecule has 1 aliphatic heterocycles. The standard InChI is InChI=1S/C18H18FNO/c1-12-3-4-14(9-18(12)19)17-8-13-5-6-20(2)10-15(13)7-16(17)11-21/h3-8,11,14H,9-10H2,1-2H3. The first kappa shape index (κ1) is 13.8. The lowest BCUT2D eigenvalue weighted by Crippen LogP contribution is -2.16. The number of fused-ring (bicyclic) bond motifs is 1. The molecule has 2 nitrogen and oxygen atoms in total. The maximum atomic E-state index is 13.9. The lowest BCUT2D eigenvalue weighted by molar-refractivity contribution is 0.112. The fourth-order valence-electron chi connectivity index (χ4n) is 2.93. The average molecular weight is 283 g/mol. The van der Waals surface area contributed by atoms with Crippen LogP contribution in [-0.4, -0.2) is 18.2 Å². The highest BCUT2D eigenvalue weighted by Gasteiger charge is 2.21. The van der Waals surface area contributed by atoms with Crippen LogP contribution in [0.2, 0.25) is 0 Å². The maximum absolute atomic E-state index is 13.9. The van der Waals surface area contributed by atoms with Gasteiger partial charge in [-0.1, -0.05) is 18.2 Å². The molecule has 1 unspecified atom stereocenters. The number of hydrogen-bond acceptors (Lipinski definition) is 2. The van der Waals surface area contributed by atoms with Crippen LogP contribution in [0.25, 0.3) is 6.08 Å². The summed E-state index contributed by atoms with van der Waals surface area (Å²) in [4.78, 5) is 13.5. The van der Waals surface area contributed by atoms with Gasteiger partial charge in [0.1, 0.15) is 12.1 Å². The van der Waals surface area contributed by atoms with Gasteiger partial charge in [0.25, 0.3) is 0 Å². The van der Waals surface area contributed by atoms with Gasteiger partial charge in [0.05, 0.1) is 0 Å². The summed E-state index contributed by atoms with van der Waals surface area (Å²) >= 11 is 0. The number of carbonyl (C=O) groups is 1. The Morgan fingerprint density at radius 3 is 2.86 bits per heavy atom. The van der Waals surface area contributed by atoms with Crippen LogP contribution >= 0.6 is 0 Å². The second-order valence-electron chi connectivity index (χ2n) is 5.79. The number of allylic oxidation sites excluding steroid dienone is 4. The summed E-state index contributed by atoms with van der Waals surface area (Å²) in [5, 5.41) is 0. The van der Waals surface area contributed by atoms with Gasteiger partial charge < -0.3 is 4.90 Å². The van der Waals surface area contributed by atoms with Gasteiger partial charge in [0.15, 0.2) is 0 Å². The predicted octanol–water partition coefficient (Wildman–Crippen LogP) is 4.20. The van der Waals surface area contributed by atoms with Crippen LogP contribution in [0.5, 0.6) is 0 Å². The van der Waals surface area contributed by atoms with Crippen LogP contribution in [0.4, 0.5) is 4.39 Å². The molecule has 0 aromatic heterocycles. The van der Waals surface area contributed by atoms with E-state index in [-0.39, 0.29) is 11.7 Å². The van der Waals surface area contributed by atoms with Crippen LogP contribution in [0, 0.1) is 0 Å². The summed E-state index contributed by atoms with van der Waals surface area (Å²) in [6.45, 7) is 2.56. The van der Waals surface area contributed by atoms with Crippen LogP contribution in [-0.2, 0) is 6.54 Å². The second-order valence-corrected chi connectivity index (χ2v) is 5.79. The molecule has 2 aliphatic rings. The summed E-state index contributed by atoms with van der Waals surface area (Å²) < 4.78 is 13.9. The molecule has 21 heavy (non-hydrogen) atoms. The van der Waals surface area contributed by atoms with E-state index in [4.69, 9.17) is 0 Å². The molecule has 3 heteroatoms. The van der Waals surface area contributed by atoms with Crippen molar-refractivity contribution >= 4 is 12.4 Å². The molecule has 108 valence electrons. The number of carbonyl (C=O) groups excluding carboxylic acids is 1. The SMILES string of the molecule is CC1=C(F)CC(c2cc3c(cc2C=O)CN(C)C=C3)C=C1. The van der Waals surface area contributed by atoms with E-state index in [0.29, 0.717) is 17.6 Å². The molecule has 0 saturated heterocycles. The van der Waals surface area contributed by atoms with Crippen molar-refractivity contribution in [2.24, 2.45) is 0 Å². The van der Waals surface area contributed by atoms with Crippen molar-refractivity contribution in [1.29, 1.82) is 0 Å². The molecular formula is C18H18FNO. The summed E-state index contributed by atoms with van der Waals surface area (Å²) in [6, 6.07) is 3.97. The second kappa shape index (κ2) is 5.32. The number of aldehydes is 1. The van der Waals surface area contributed by atoms with E-state index in [9.17, 15) is 9.18 Å². The number of rotatable bonds is 2. The highest BCUT2D eigenvalue weighted by molar-refractivity contribution is 5.80. The lowest BCUT2D eigenvalue weighted by Gasteiger charge is -2.24. The van der Waals surface area contributed by atoms with Crippen molar-refractivity contribution in [2.75, 3.05) is 7.05 Å². The minimum atomic E-state index is -0.0904. The fourth-order valence-corrected chi connectivity index (χ4v) is 2.93.